The summed E-state index contributed by atoms with van der Waals surface area (Å²) in [6.45, 7) is 8.68. The summed E-state index contributed by atoms with van der Waals surface area (Å²) in [5.74, 6) is 0. The van der Waals surface area contributed by atoms with Crippen LogP contribution in [-0.2, 0) is 6.42 Å². The second-order valence-corrected chi connectivity index (χ2v) is 6.20. The molecule has 1 heteroatoms. The molecule has 0 aliphatic carbocycles. The molecule has 116 valence electrons. The van der Waals surface area contributed by atoms with Crippen molar-refractivity contribution in [3.63, 3.8) is 0 Å². The molecule has 0 saturated carbocycles. The summed E-state index contributed by atoms with van der Waals surface area (Å²) in [5.41, 5.74) is 10.1. The highest BCUT2D eigenvalue weighted by Gasteiger charge is 2.10. The van der Waals surface area contributed by atoms with Crippen LogP contribution in [-0.4, -0.2) is 4.98 Å². The average Bonchev–Trinajstić information content (AvgIpc) is 2.56. The van der Waals surface area contributed by atoms with Crippen LogP contribution in [0.2, 0.25) is 0 Å². The van der Waals surface area contributed by atoms with E-state index in [2.05, 4.69) is 81.2 Å². The van der Waals surface area contributed by atoms with Gasteiger partial charge in [0.15, 0.2) is 0 Å². The summed E-state index contributed by atoms with van der Waals surface area (Å²) in [6, 6.07) is 17.4. The van der Waals surface area contributed by atoms with Crippen LogP contribution in [0.1, 0.15) is 29.2 Å². The minimum absolute atomic E-state index is 1.04. The Hall–Kier alpha value is -2.41. The van der Waals surface area contributed by atoms with Crippen LogP contribution in [0.15, 0.2) is 54.7 Å². The van der Waals surface area contributed by atoms with E-state index in [0.717, 1.165) is 12.1 Å². The normalized spacial score (nSPS) is 10.8. The maximum Gasteiger partial charge on any atom is 0.0707 e. The van der Waals surface area contributed by atoms with Gasteiger partial charge in [-0.2, -0.15) is 0 Å². The predicted molar refractivity (Wildman–Crippen MR) is 98.7 cm³/mol. The first kappa shape index (κ1) is 15.5. The van der Waals surface area contributed by atoms with Crippen molar-refractivity contribution >= 4 is 0 Å². The van der Waals surface area contributed by atoms with Gasteiger partial charge >= 0.3 is 0 Å². The number of hydrogen-bond donors (Lipinski definition) is 0. The third-order valence-electron chi connectivity index (χ3n) is 4.53. The second kappa shape index (κ2) is 6.37. The van der Waals surface area contributed by atoms with Crippen LogP contribution in [0.3, 0.4) is 0 Å². The average molecular weight is 301 g/mol. The van der Waals surface area contributed by atoms with Crippen molar-refractivity contribution in [1.29, 1.82) is 0 Å². The Balaban J connectivity index is 2.17. The largest absolute Gasteiger partial charge is 0.256 e. The monoisotopic (exact) mass is 301 g/mol. The van der Waals surface area contributed by atoms with E-state index < -0.39 is 0 Å². The number of hydrogen-bond acceptors (Lipinski definition) is 1. The molecule has 0 spiro atoms. The molecule has 0 aliphatic heterocycles. The smallest absolute Gasteiger partial charge is 0.0707 e. The van der Waals surface area contributed by atoms with Gasteiger partial charge in [0.25, 0.3) is 0 Å². The lowest BCUT2D eigenvalue weighted by molar-refractivity contribution is 1.08. The molecule has 0 fully saturated rings. The quantitative estimate of drug-likeness (QED) is 0.586. The number of aromatic nitrogens is 1. The van der Waals surface area contributed by atoms with E-state index in [1.807, 2.05) is 6.20 Å². The van der Waals surface area contributed by atoms with Crippen molar-refractivity contribution in [1.82, 2.24) is 4.98 Å². The maximum absolute atomic E-state index is 4.68. The van der Waals surface area contributed by atoms with Crippen molar-refractivity contribution in [3.05, 3.63) is 77.0 Å². The van der Waals surface area contributed by atoms with Gasteiger partial charge in [0.1, 0.15) is 0 Å². The summed E-state index contributed by atoms with van der Waals surface area (Å²) < 4.78 is 0. The van der Waals surface area contributed by atoms with Gasteiger partial charge in [0, 0.05) is 11.8 Å². The minimum atomic E-state index is 1.04. The Bertz CT molecular complexity index is 832. The summed E-state index contributed by atoms with van der Waals surface area (Å²) in [5, 5.41) is 0. The third kappa shape index (κ3) is 3.05. The van der Waals surface area contributed by atoms with Gasteiger partial charge < -0.3 is 0 Å². The van der Waals surface area contributed by atoms with E-state index in [1.54, 1.807) is 0 Å². The van der Waals surface area contributed by atoms with E-state index in [-0.39, 0.29) is 0 Å². The van der Waals surface area contributed by atoms with Crippen molar-refractivity contribution in [2.75, 3.05) is 0 Å². The molecule has 0 unspecified atom stereocenters. The van der Waals surface area contributed by atoms with Crippen molar-refractivity contribution in [3.8, 4) is 22.4 Å². The molecular formula is C22H23N. The molecule has 0 bridgehead atoms. The van der Waals surface area contributed by atoms with Gasteiger partial charge in [-0.1, -0.05) is 43.3 Å². The lowest BCUT2D eigenvalue weighted by atomic mass is 9.93. The van der Waals surface area contributed by atoms with Crippen molar-refractivity contribution in [2.24, 2.45) is 0 Å². The molecule has 0 amide bonds. The molecule has 2 aromatic carbocycles. The van der Waals surface area contributed by atoms with Crippen molar-refractivity contribution in [2.45, 2.75) is 34.1 Å². The zero-order valence-electron chi connectivity index (χ0n) is 14.4. The lowest BCUT2D eigenvalue weighted by Crippen LogP contribution is -1.95. The lowest BCUT2D eigenvalue weighted by Gasteiger charge is -2.14. The fourth-order valence-electron chi connectivity index (χ4n) is 3.15. The topological polar surface area (TPSA) is 12.9 Å². The van der Waals surface area contributed by atoms with E-state index in [9.17, 15) is 0 Å². The highest BCUT2D eigenvalue weighted by atomic mass is 14.7. The van der Waals surface area contributed by atoms with Crippen LogP contribution in [0.4, 0.5) is 0 Å². The zero-order chi connectivity index (χ0) is 16.4. The summed E-state index contributed by atoms with van der Waals surface area (Å²) >= 11 is 0. The Morgan fingerprint density at radius 3 is 2.17 bits per heavy atom. The molecule has 0 radical (unpaired) electrons. The molecule has 0 aliphatic rings. The molecule has 1 aromatic heterocycles. The van der Waals surface area contributed by atoms with Crippen LogP contribution in [0.25, 0.3) is 22.4 Å². The predicted octanol–water partition coefficient (Wildman–Crippen LogP) is 5.90. The number of nitrogens with zero attached hydrogens (tertiary/aromatic N) is 1. The first-order valence-corrected chi connectivity index (χ1v) is 8.22. The van der Waals surface area contributed by atoms with Crippen LogP contribution < -0.4 is 0 Å². The number of aryl methyl sites for hydroxylation is 4. The Morgan fingerprint density at radius 2 is 1.48 bits per heavy atom. The standard InChI is InChI=1S/C22H23N/c1-5-18-12-22(23-14-17(18)4)21-13-20(15(2)11-16(21)3)19-9-7-6-8-10-19/h6-14H,5H2,1-4H3. The van der Waals surface area contributed by atoms with E-state index in [1.165, 1.54) is 38.9 Å². The molecule has 0 N–H and O–H groups in total. The molecule has 1 nitrogen and oxygen atoms in total. The van der Waals surface area contributed by atoms with E-state index in [0.29, 0.717) is 0 Å². The van der Waals surface area contributed by atoms with Gasteiger partial charge in [-0.15, -0.1) is 0 Å². The van der Waals surface area contributed by atoms with Gasteiger partial charge in [-0.25, -0.2) is 0 Å². The molecule has 0 saturated heterocycles. The zero-order valence-corrected chi connectivity index (χ0v) is 14.4. The fourth-order valence-corrected chi connectivity index (χ4v) is 3.15. The number of rotatable bonds is 3. The van der Waals surface area contributed by atoms with Gasteiger partial charge in [0.2, 0.25) is 0 Å². The molecule has 3 aromatic rings. The molecular weight excluding hydrogens is 278 g/mol. The van der Waals surface area contributed by atoms with Gasteiger partial charge in [0.05, 0.1) is 5.69 Å². The SMILES string of the molecule is CCc1cc(-c2cc(-c3ccccc3)c(C)cc2C)ncc1C. The molecule has 1 heterocycles. The molecule has 0 atom stereocenters. The summed E-state index contributed by atoms with van der Waals surface area (Å²) in [7, 11) is 0. The third-order valence-corrected chi connectivity index (χ3v) is 4.53. The second-order valence-electron chi connectivity index (χ2n) is 6.20. The van der Waals surface area contributed by atoms with Crippen LogP contribution in [0.5, 0.6) is 0 Å². The fraction of sp³-hybridized carbons (Fsp3) is 0.227. The van der Waals surface area contributed by atoms with E-state index >= 15 is 0 Å². The molecule has 3 rings (SSSR count). The van der Waals surface area contributed by atoms with Gasteiger partial charge in [-0.3, -0.25) is 4.98 Å². The highest BCUT2D eigenvalue weighted by Crippen LogP contribution is 2.32. The molecule has 23 heavy (non-hydrogen) atoms. The van der Waals surface area contributed by atoms with Crippen LogP contribution in [0, 0.1) is 20.8 Å². The number of benzene rings is 2. The summed E-state index contributed by atoms with van der Waals surface area (Å²) in [4.78, 5) is 4.68. The first-order chi connectivity index (χ1) is 11.1. The van der Waals surface area contributed by atoms with Crippen LogP contribution >= 0.6 is 0 Å². The highest BCUT2D eigenvalue weighted by molar-refractivity contribution is 5.76. The van der Waals surface area contributed by atoms with Crippen molar-refractivity contribution < 1.29 is 0 Å². The number of pyridine rings is 1. The van der Waals surface area contributed by atoms with E-state index in [4.69, 9.17) is 0 Å². The summed E-state index contributed by atoms with van der Waals surface area (Å²) in [6.07, 6.45) is 3.04. The van der Waals surface area contributed by atoms with Gasteiger partial charge in [-0.05, 0) is 72.7 Å². The minimum Gasteiger partial charge on any atom is -0.256 e. The Labute approximate surface area is 139 Å². The Kier molecular flexibility index (Phi) is 4.29. The Morgan fingerprint density at radius 1 is 0.783 bits per heavy atom. The first-order valence-electron chi connectivity index (χ1n) is 8.22. The maximum atomic E-state index is 4.68.